The van der Waals surface area contributed by atoms with Gasteiger partial charge in [-0.2, -0.15) is 0 Å². The summed E-state index contributed by atoms with van der Waals surface area (Å²) in [5.74, 6) is 1.39. The molecular formula is C17H28N2S3. The summed E-state index contributed by atoms with van der Waals surface area (Å²) in [5, 5.41) is 0. The van der Waals surface area contributed by atoms with Gasteiger partial charge in [-0.15, -0.1) is 11.8 Å². The van der Waals surface area contributed by atoms with Crippen molar-refractivity contribution < 1.29 is 0 Å². The fourth-order valence-electron chi connectivity index (χ4n) is 2.23. The Labute approximate surface area is 148 Å². The average molecular weight is 357 g/mol. The van der Waals surface area contributed by atoms with Crippen molar-refractivity contribution in [1.82, 2.24) is 9.80 Å². The lowest BCUT2D eigenvalue weighted by Gasteiger charge is -2.35. The third-order valence-corrected chi connectivity index (χ3v) is 7.28. The van der Waals surface area contributed by atoms with E-state index in [9.17, 15) is 0 Å². The molecule has 0 unspecified atom stereocenters. The minimum Gasteiger partial charge on any atom is -0.357 e. The topological polar surface area (TPSA) is 6.48 Å². The van der Waals surface area contributed by atoms with Gasteiger partial charge < -0.3 is 9.80 Å². The summed E-state index contributed by atoms with van der Waals surface area (Å²) < 4.78 is 1.39. The average Bonchev–Trinajstić information content (AvgIpc) is 2.58. The van der Waals surface area contributed by atoms with Crippen molar-refractivity contribution in [2.24, 2.45) is 0 Å². The first-order chi connectivity index (χ1) is 10.7. The number of thioether (sulfide) groups is 1. The molecule has 0 aliphatic rings. The molecule has 0 atom stereocenters. The molecule has 22 heavy (non-hydrogen) atoms. The second-order valence-corrected chi connectivity index (χ2v) is 7.93. The molecule has 0 saturated heterocycles. The Balaban J connectivity index is 3.03. The molecule has 5 heteroatoms. The first-order valence-electron chi connectivity index (χ1n) is 7.89. The molecule has 0 radical (unpaired) electrons. The van der Waals surface area contributed by atoms with E-state index >= 15 is 0 Å². The van der Waals surface area contributed by atoms with Crippen LogP contribution in [0, 0.1) is 0 Å². The Morgan fingerprint density at radius 3 is 1.77 bits per heavy atom. The van der Waals surface area contributed by atoms with Crippen LogP contribution in [-0.2, 0) is 0 Å². The monoisotopic (exact) mass is 356 g/mol. The third-order valence-electron chi connectivity index (χ3n) is 3.45. The highest BCUT2D eigenvalue weighted by Crippen LogP contribution is 2.43. The van der Waals surface area contributed by atoms with Gasteiger partial charge in [0.15, 0.2) is 0 Å². The maximum absolute atomic E-state index is 2.47. The van der Waals surface area contributed by atoms with Crippen LogP contribution < -0.4 is 0 Å². The predicted molar refractivity (Wildman–Crippen MR) is 106 cm³/mol. The van der Waals surface area contributed by atoms with Gasteiger partial charge in [-0.25, -0.2) is 0 Å². The molecule has 0 spiro atoms. The maximum atomic E-state index is 2.47. The molecule has 0 bridgehead atoms. The van der Waals surface area contributed by atoms with Crippen LogP contribution in [0.3, 0.4) is 0 Å². The van der Waals surface area contributed by atoms with E-state index in [1.807, 2.05) is 33.3 Å². The quantitative estimate of drug-likeness (QED) is 0.502. The molecule has 2 nitrogen and oxygen atoms in total. The van der Waals surface area contributed by atoms with E-state index in [4.69, 9.17) is 0 Å². The van der Waals surface area contributed by atoms with Crippen LogP contribution in [0.25, 0.3) is 0 Å². The smallest absolute Gasteiger partial charge is 0.125 e. The predicted octanol–water partition coefficient (Wildman–Crippen LogP) is 5.60. The second kappa shape index (κ2) is 11.2. The zero-order chi connectivity index (χ0) is 16.4. The molecule has 1 rings (SSSR count). The van der Waals surface area contributed by atoms with Gasteiger partial charge in [0.25, 0.3) is 0 Å². The van der Waals surface area contributed by atoms with Gasteiger partial charge in [0.1, 0.15) is 5.82 Å². The molecule has 0 aromatic heterocycles. The zero-order valence-corrected chi connectivity index (χ0v) is 16.8. The summed E-state index contributed by atoms with van der Waals surface area (Å²) in [7, 11) is 3.72. The molecule has 124 valence electrons. The highest BCUT2D eigenvalue weighted by atomic mass is 33.1. The lowest BCUT2D eigenvalue weighted by Crippen LogP contribution is -2.36. The van der Waals surface area contributed by atoms with Crippen molar-refractivity contribution >= 4 is 33.3 Å². The molecule has 1 aromatic rings. The Kier molecular flexibility index (Phi) is 10.0. The van der Waals surface area contributed by atoms with Crippen molar-refractivity contribution in [1.29, 1.82) is 0 Å². The van der Waals surface area contributed by atoms with Crippen LogP contribution in [0.4, 0.5) is 0 Å². The summed E-state index contributed by atoms with van der Waals surface area (Å²) >= 11 is 1.85. The lowest BCUT2D eigenvalue weighted by molar-refractivity contribution is 0.235. The first kappa shape index (κ1) is 19.7. The number of rotatable bonds is 10. The normalized spacial score (nSPS) is 10.4. The fraction of sp³-hybridized carbons (Fsp3) is 0.529. The van der Waals surface area contributed by atoms with Crippen LogP contribution in [0.15, 0.2) is 45.3 Å². The van der Waals surface area contributed by atoms with E-state index in [1.165, 1.54) is 15.0 Å². The van der Waals surface area contributed by atoms with Crippen molar-refractivity contribution in [3.63, 3.8) is 0 Å². The summed E-state index contributed by atoms with van der Waals surface area (Å²) in [5.41, 5.74) is 0. The van der Waals surface area contributed by atoms with E-state index in [1.54, 1.807) is 0 Å². The van der Waals surface area contributed by atoms with Gasteiger partial charge in [-0.1, -0.05) is 29.0 Å². The van der Waals surface area contributed by atoms with Crippen molar-refractivity contribution in [3.8, 4) is 0 Å². The third kappa shape index (κ3) is 5.67. The Hall–Kier alpha value is -0.390. The van der Waals surface area contributed by atoms with E-state index in [0.717, 1.165) is 26.2 Å². The van der Waals surface area contributed by atoms with E-state index in [-0.39, 0.29) is 0 Å². The molecule has 0 aliphatic carbocycles. The maximum Gasteiger partial charge on any atom is 0.125 e. The number of nitrogens with zero attached hydrogens (tertiary/aromatic N) is 2. The molecule has 1 aromatic carbocycles. The van der Waals surface area contributed by atoms with E-state index < -0.39 is 0 Å². The lowest BCUT2D eigenvalue weighted by atomic mass is 10.4. The second-order valence-electron chi connectivity index (χ2n) is 4.64. The minimum absolute atomic E-state index is 1.04. The molecule has 0 amide bonds. The van der Waals surface area contributed by atoms with Crippen LogP contribution in [-0.4, -0.2) is 42.2 Å². The molecule has 0 heterocycles. The van der Waals surface area contributed by atoms with E-state index in [0.29, 0.717) is 0 Å². The highest BCUT2D eigenvalue weighted by Gasteiger charge is 2.18. The summed E-state index contributed by atoms with van der Waals surface area (Å²) in [6, 6.07) is 10.6. The van der Waals surface area contributed by atoms with Gasteiger partial charge >= 0.3 is 0 Å². The molecule has 0 saturated carbocycles. The SMILES string of the molecule is CCN(CC)C(=C(SC)SSc1ccccc1)N(CC)CC. The molecular weight excluding hydrogens is 328 g/mol. The van der Waals surface area contributed by atoms with Crippen LogP contribution in [0.5, 0.6) is 0 Å². The Morgan fingerprint density at radius 1 is 0.864 bits per heavy atom. The summed E-state index contributed by atoms with van der Waals surface area (Å²) in [6.45, 7) is 13.1. The summed E-state index contributed by atoms with van der Waals surface area (Å²) in [6.07, 6.45) is 2.18. The zero-order valence-electron chi connectivity index (χ0n) is 14.3. The van der Waals surface area contributed by atoms with Crippen LogP contribution in [0.1, 0.15) is 27.7 Å². The van der Waals surface area contributed by atoms with Gasteiger partial charge in [0, 0.05) is 31.1 Å². The largest absolute Gasteiger partial charge is 0.357 e. The molecule has 0 aliphatic heterocycles. The van der Waals surface area contributed by atoms with Crippen LogP contribution in [0.2, 0.25) is 0 Å². The van der Waals surface area contributed by atoms with Gasteiger partial charge in [0.2, 0.25) is 0 Å². The highest BCUT2D eigenvalue weighted by molar-refractivity contribution is 8.80. The van der Waals surface area contributed by atoms with E-state index in [2.05, 4.69) is 74.1 Å². The van der Waals surface area contributed by atoms with Gasteiger partial charge in [-0.05, 0) is 56.9 Å². The number of benzene rings is 1. The fourth-order valence-corrected chi connectivity index (χ4v) is 5.71. The standard InChI is InChI=1S/C17H28N2S3/c1-6-18(7-2)16(19(8-3)9-4)17(20-5)22-21-15-13-11-10-12-14-15/h10-14H,6-9H2,1-5H3. The van der Waals surface area contributed by atoms with Crippen molar-refractivity contribution in [3.05, 3.63) is 40.4 Å². The molecule has 0 N–H and O–H groups in total. The van der Waals surface area contributed by atoms with Crippen molar-refractivity contribution in [2.45, 2.75) is 32.6 Å². The summed E-state index contributed by atoms with van der Waals surface area (Å²) in [4.78, 5) is 6.24. The number of hydrogen-bond donors (Lipinski definition) is 0. The van der Waals surface area contributed by atoms with Gasteiger partial charge in [-0.3, -0.25) is 0 Å². The van der Waals surface area contributed by atoms with Gasteiger partial charge in [0.05, 0.1) is 4.24 Å². The van der Waals surface area contributed by atoms with Crippen molar-refractivity contribution in [2.75, 3.05) is 32.4 Å². The van der Waals surface area contributed by atoms with Crippen LogP contribution >= 0.6 is 33.3 Å². The minimum atomic E-state index is 1.04. The molecule has 0 fully saturated rings. The first-order valence-corrected chi connectivity index (χ1v) is 11.3. The Morgan fingerprint density at radius 2 is 1.36 bits per heavy atom. The number of hydrogen-bond acceptors (Lipinski definition) is 5. The Bertz CT molecular complexity index is 426.